The summed E-state index contributed by atoms with van der Waals surface area (Å²) < 4.78 is 6.97. The van der Waals surface area contributed by atoms with E-state index < -0.39 is 0 Å². The van der Waals surface area contributed by atoms with E-state index in [4.69, 9.17) is 16.3 Å². The number of esters is 1. The molecule has 0 N–H and O–H groups in total. The maximum Gasteiger partial charge on any atom is 0.354 e. The number of carbonyl (C=O) groups is 1. The summed E-state index contributed by atoms with van der Waals surface area (Å²) >= 11 is 6.02. The first-order valence-corrected chi connectivity index (χ1v) is 9.26. The van der Waals surface area contributed by atoms with Crippen molar-refractivity contribution in [2.45, 2.75) is 38.3 Å². The summed E-state index contributed by atoms with van der Waals surface area (Å²) in [6, 6.07) is 12.7. The van der Waals surface area contributed by atoms with E-state index in [1.165, 1.54) is 12.7 Å². The van der Waals surface area contributed by atoms with Gasteiger partial charge in [-0.2, -0.15) is 0 Å². The fraction of sp³-hybridized carbons (Fsp3) is 0.450. The number of likely N-dealkylation sites (tertiary alicyclic amines) is 1. The van der Waals surface area contributed by atoms with Crippen molar-refractivity contribution < 1.29 is 9.53 Å². The molecule has 1 aliphatic rings. The number of methoxy groups -OCH3 is 1. The van der Waals surface area contributed by atoms with E-state index in [0.29, 0.717) is 17.8 Å². The Labute approximate surface area is 154 Å². The number of carbonyl (C=O) groups excluding carboxylic acids is 1. The van der Waals surface area contributed by atoms with Gasteiger partial charge >= 0.3 is 5.97 Å². The van der Waals surface area contributed by atoms with Gasteiger partial charge in [0.15, 0.2) is 0 Å². The van der Waals surface area contributed by atoms with Gasteiger partial charge in [0, 0.05) is 36.4 Å². The first-order chi connectivity index (χ1) is 12.1. The Morgan fingerprint density at radius 1 is 1.24 bits per heavy atom. The predicted molar refractivity (Wildman–Crippen MR) is 100 cm³/mol. The molecule has 4 nitrogen and oxygen atoms in total. The first kappa shape index (κ1) is 18.0. The topological polar surface area (TPSA) is 34.5 Å². The molecule has 0 aliphatic carbocycles. The summed E-state index contributed by atoms with van der Waals surface area (Å²) in [5, 5.41) is 0.778. The minimum Gasteiger partial charge on any atom is -0.464 e. The lowest BCUT2D eigenvalue weighted by molar-refractivity contribution is 0.0579. The Morgan fingerprint density at radius 2 is 1.92 bits per heavy atom. The van der Waals surface area contributed by atoms with Crippen molar-refractivity contribution in [1.29, 1.82) is 0 Å². The second-order valence-corrected chi connectivity index (χ2v) is 6.97. The Balaban J connectivity index is 1.68. The molecular weight excluding hydrogens is 336 g/mol. The van der Waals surface area contributed by atoms with Crippen LogP contribution in [0.3, 0.4) is 0 Å². The van der Waals surface area contributed by atoms with Gasteiger partial charge in [0.1, 0.15) is 5.69 Å². The maximum atomic E-state index is 11.9. The number of rotatable bonds is 5. The average Bonchev–Trinajstić information content (AvgIpc) is 3.13. The lowest BCUT2D eigenvalue weighted by Crippen LogP contribution is -2.37. The van der Waals surface area contributed by atoms with Crippen molar-refractivity contribution in [1.82, 2.24) is 9.47 Å². The summed E-state index contributed by atoms with van der Waals surface area (Å²) in [7, 11) is 1.43. The van der Waals surface area contributed by atoms with Crippen LogP contribution in [0.5, 0.6) is 0 Å². The second-order valence-electron chi connectivity index (χ2n) is 6.54. The summed E-state index contributed by atoms with van der Waals surface area (Å²) in [5.74, 6) is -0.264. The summed E-state index contributed by atoms with van der Waals surface area (Å²) in [6.45, 7) is 4.27. The SMILES string of the molecule is CCC(c1ccc(Cl)cc1)N1CCC(n2cccc2C(=O)OC)CC1. The largest absolute Gasteiger partial charge is 0.464 e. The van der Waals surface area contributed by atoms with Crippen molar-refractivity contribution in [2.75, 3.05) is 20.2 Å². The molecule has 5 heteroatoms. The maximum absolute atomic E-state index is 11.9. The standard InChI is InChI=1S/C20H25ClN2O2/c1-3-18(15-6-8-16(21)9-7-15)22-13-10-17(11-14-22)23-12-4-5-19(23)20(24)25-2/h4-9,12,17-18H,3,10-11,13-14H2,1-2H3. The Kier molecular flexibility index (Phi) is 5.82. The van der Waals surface area contributed by atoms with Gasteiger partial charge in [-0.05, 0) is 49.1 Å². The monoisotopic (exact) mass is 360 g/mol. The van der Waals surface area contributed by atoms with Crippen LogP contribution in [0, 0.1) is 0 Å². The van der Waals surface area contributed by atoms with E-state index in [9.17, 15) is 4.79 Å². The molecule has 3 rings (SSSR count). The van der Waals surface area contributed by atoms with E-state index in [-0.39, 0.29) is 5.97 Å². The molecule has 0 saturated carbocycles. The van der Waals surface area contributed by atoms with Crippen LogP contribution in [0.4, 0.5) is 0 Å². The third-order valence-electron chi connectivity index (χ3n) is 5.15. The number of aromatic nitrogens is 1. The van der Waals surface area contributed by atoms with Crippen molar-refractivity contribution in [3.05, 3.63) is 58.9 Å². The number of halogens is 1. The van der Waals surface area contributed by atoms with Gasteiger partial charge in [-0.3, -0.25) is 4.90 Å². The highest BCUT2D eigenvalue weighted by Crippen LogP contribution is 2.32. The van der Waals surface area contributed by atoms with Crippen LogP contribution in [0.1, 0.15) is 54.3 Å². The smallest absolute Gasteiger partial charge is 0.354 e. The number of nitrogens with zero attached hydrogens (tertiary/aromatic N) is 2. The summed E-state index contributed by atoms with van der Waals surface area (Å²) in [4.78, 5) is 14.4. The molecule has 2 aromatic rings. The molecule has 1 unspecified atom stereocenters. The molecule has 1 aromatic carbocycles. The van der Waals surface area contributed by atoms with E-state index in [1.807, 2.05) is 30.5 Å². The van der Waals surface area contributed by atoms with Crippen molar-refractivity contribution >= 4 is 17.6 Å². The van der Waals surface area contributed by atoms with Gasteiger partial charge in [-0.1, -0.05) is 30.7 Å². The number of piperidine rings is 1. The molecule has 0 spiro atoms. The molecule has 1 saturated heterocycles. The summed E-state index contributed by atoms with van der Waals surface area (Å²) in [6.07, 6.45) is 5.12. The molecule has 1 aliphatic heterocycles. The van der Waals surface area contributed by atoms with Gasteiger partial charge in [-0.15, -0.1) is 0 Å². The van der Waals surface area contributed by atoms with Crippen molar-refractivity contribution in [3.8, 4) is 0 Å². The highest BCUT2D eigenvalue weighted by Gasteiger charge is 2.27. The zero-order valence-electron chi connectivity index (χ0n) is 14.8. The number of hydrogen-bond acceptors (Lipinski definition) is 3. The zero-order chi connectivity index (χ0) is 17.8. The van der Waals surface area contributed by atoms with E-state index in [0.717, 1.165) is 37.4 Å². The third-order valence-corrected chi connectivity index (χ3v) is 5.40. The summed E-state index contributed by atoms with van der Waals surface area (Å²) in [5.41, 5.74) is 1.97. The fourth-order valence-electron chi connectivity index (χ4n) is 3.86. The van der Waals surface area contributed by atoms with Gasteiger partial charge in [-0.25, -0.2) is 4.79 Å². The molecule has 2 heterocycles. The Bertz CT molecular complexity index is 703. The van der Waals surface area contributed by atoms with Crippen LogP contribution in [0.25, 0.3) is 0 Å². The van der Waals surface area contributed by atoms with E-state index in [2.05, 4.69) is 28.5 Å². The van der Waals surface area contributed by atoms with Gasteiger partial charge in [0.25, 0.3) is 0 Å². The quantitative estimate of drug-likeness (QED) is 0.724. The zero-order valence-corrected chi connectivity index (χ0v) is 15.6. The minimum absolute atomic E-state index is 0.264. The normalized spacial score (nSPS) is 17.4. The molecule has 1 aromatic heterocycles. The van der Waals surface area contributed by atoms with Crippen LogP contribution in [-0.4, -0.2) is 35.6 Å². The molecule has 25 heavy (non-hydrogen) atoms. The van der Waals surface area contributed by atoms with Crippen LogP contribution in [0.2, 0.25) is 5.02 Å². The lowest BCUT2D eigenvalue weighted by atomic mass is 9.97. The number of hydrogen-bond donors (Lipinski definition) is 0. The molecule has 0 amide bonds. The van der Waals surface area contributed by atoms with Gasteiger partial charge in [0.05, 0.1) is 7.11 Å². The molecule has 1 fully saturated rings. The van der Waals surface area contributed by atoms with Crippen molar-refractivity contribution in [3.63, 3.8) is 0 Å². The molecule has 0 bridgehead atoms. The second kappa shape index (κ2) is 8.07. The number of benzene rings is 1. The third kappa shape index (κ3) is 3.91. The highest BCUT2D eigenvalue weighted by atomic mass is 35.5. The Morgan fingerprint density at radius 3 is 2.52 bits per heavy atom. The van der Waals surface area contributed by atoms with Crippen LogP contribution in [0.15, 0.2) is 42.6 Å². The molecule has 134 valence electrons. The average molecular weight is 361 g/mol. The van der Waals surface area contributed by atoms with Crippen LogP contribution < -0.4 is 0 Å². The first-order valence-electron chi connectivity index (χ1n) is 8.88. The molecule has 0 radical (unpaired) electrons. The lowest BCUT2D eigenvalue weighted by Gasteiger charge is -2.38. The van der Waals surface area contributed by atoms with Gasteiger partial charge in [0.2, 0.25) is 0 Å². The predicted octanol–water partition coefficient (Wildman–Crippen LogP) is 4.72. The minimum atomic E-state index is -0.264. The highest BCUT2D eigenvalue weighted by molar-refractivity contribution is 6.30. The van der Waals surface area contributed by atoms with Crippen LogP contribution >= 0.6 is 11.6 Å². The molecular formula is C20H25ClN2O2. The van der Waals surface area contributed by atoms with E-state index >= 15 is 0 Å². The van der Waals surface area contributed by atoms with Gasteiger partial charge < -0.3 is 9.30 Å². The number of ether oxygens (including phenoxy) is 1. The fourth-order valence-corrected chi connectivity index (χ4v) is 3.98. The van der Waals surface area contributed by atoms with Crippen molar-refractivity contribution in [2.24, 2.45) is 0 Å². The van der Waals surface area contributed by atoms with E-state index in [1.54, 1.807) is 0 Å². The molecule has 1 atom stereocenters. The Hall–Kier alpha value is -1.78. The van der Waals surface area contributed by atoms with Crippen LogP contribution in [-0.2, 0) is 4.74 Å².